The van der Waals surface area contributed by atoms with Gasteiger partial charge in [0.25, 0.3) is 0 Å². The molecule has 10 nitrogen and oxygen atoms in total. The molecule has 0 amide bonds. The largest absolute Gasteiger partial charge is 0.494 e. The first kappa shape index (κ1) is 63.6. The number of carbonyl (C=O) groups excluding carboxylic acids is 4. The summed E-state index contributed by atoms with van der Waals surface area (Å²) in [6.07, 6.45) is 4.64. The lowest BCUT2D eigenvalue weighted by Gasteiger charge is -2.33. The van der Waals surface area contributed by atoms with Crippen LogP contribution in [0, 0.1) is 6.92 Å². The quantitative estimate of drug-likeness (QED) is 0.0175. The number of benzene rings is 6. The molecule has 0 saturated carbocycles. The summed E-state index contributed by atoms with van der Waals surface area (Å²) in [5.74, 6) is -19.7. The minimum Gasteiger partial charge on any atom is -0.494 e. The summed E-state index contributed by atoms with van der Waals surface area (Å²) in [7, 11) is 0. The van der Waals surface area contributed by atoms with Crippen molar-refractivity contribution in [1.82, 2.24) is 0 Å². The molecule has 0 aliphatic carbocycles. The zero-order chi connectivity index (χ0) is 59.3. The molecular weight excluding hydrogens is 1090 g/mol. The van der Waals surface area contributed by atoms with Gasteiger partial charge in [0.2, 0.25) is 0 Å². The molecule has 82 heavy (non-hydrogen) atoms. The molecule has 0 spiro atoms. The van der Waals surface area contributed by atoms with Crippen molar-refractivity contribution in [3.8, 4) is 34.5 Å². The van der Waals surface area contributed by atoms with Gasteiger partial charge in [-0.05, 0) is 158 Å². The standard InChI is InChI=1S/C63H65F9O10/c1-3-4-5-6-7-8-9-11-14-17-40-77-49-29-20-45(21-30-49)56(73)79-51-33-24-47(25-34-51)58(75)81-53-37-19-44-28-38-55(43(2)54(44)42-53)82-59(76)48-26-35-52(36-27-48)80-57(74)46-22-31-50(32-23-46)78-41-18-15-12-10-13-16-39-60(64,65)61(66,67)62(68,69)63(70,71)72/h19-38,42H,3-18,39-41H2,1-2H3. The third-order valence-corrected chi connectivity index (χ3v) is 13.5. The minimum atomic E-state index is -6.88. The number of rotatable bonds is 32. The van der Waals surface area contributed by atoms with Gasteiger partial charge >= 0.3 is 47.8 Å². The van der Waals surface area contributed by atoms with Gasteiger partial charge in [-0.3, -0.25) is 0 Å². The Morgan fingerprint density at radius 3 is 1.13 bits per heavy atom. The van der Waals surface area contributed by atoms with E-state index in [1.54, 1.807) is 61.5 Å². The van der Waals surface area contributed by atoms with Gasteiger partial charge in [-0.1, -0.05) is 103 Å². The number of aryl methyl sites for hydroxylation is 1. The van der Waals surface area contributed by atoms with Gasteiger partial charge in [-0.25, -0.2) is 19.2 Å². The van der Waals surface area contributed by atoms with Gasteiger partial charge in [-0.15, -0.1) is 0 Å². The lowest BCUT2D eigenvalue weighted by atomic mass is 9.98. The molecule has 0 N–H and O–H groups in total. The van der Waals surface area contributed by atoms with E-state index in [1.165, 1.54) is 124 Å². The van der Waals surface area contributed by atoms with E-state index in [9.17, 15) is 58.7 Å². The van der Waals surface area contributed by atoms with E-state index < -0.39 is 60.7 Å². The Kier molecular flexibility index (Phi) is 23.2. The number of hydrogen-bond donors (Lipinski definition) is 0. The molecule has 0 fully saturated rings. The Bertz CT molecular complexity index is 3020. The summed E-state index contributed by atoms with van der Waals surface area (Å²) < 4.78 is 151. The zero-order valence-corrected chi connectivity index (χ0v) is 45.5. The van der Waals surface area contributed by atoms with Crippen molar-refractivity contribution in [2.45, 2.75) is 147 Å². The molecule has 0 aliphatic rings. The van der Waals surface area contributed by atoms with Crippen LogP contribution in [0.5, 0.6) is 34.5 Å². The van der Waals surface area contributed by atoms with Crippen LogP contribution in [-0.2, 0) is 0 Å². The highest BCUT2D eigenvalue weighted by Crippen LogP contribution is 2.54. The van der Waals surface area contributed by atoms with Crippen molar-refractivity contribution in [3.63, 3.8) is 0 Å². The molecular formula is C63H65F9O10. The Balaban J connectivity index is 0.886. The van der Waals surface area contributed by atoms with Crippen LogP contribution >= 0.6 is 0 Å². The first-order valence-corrected chi connectivity index (χ1v) is 27.4. The van der Waals surface area contributed by atoms with Crippen molar-refractivity contribution in [3.05, 3.63) is 155 Å². The number of esters is 4. The second kappa shape index (κ2) is 29.9. The number of alkyl halides is 9. The molecule has 0 heterocycles. The predicted octanol–water partition coefficient (Wildman–Crippen LogP) is 17.9. The fraction of sp³-hybridized carbons (Fsp3) is 0.397. The summed E-state index contributed by atoms with van der Waals surface area (Å²) in [4.78, 5) is 52.2. The van der Waals surface area contributed by atoms with E-state index in [1.807, 2.05) is 0 Å². The van der Waals surface area contributed by atoms with Gasteiger partial charge in [0.15, 0.2) is 0 Å². The molecule has 0 bridgehead atoms. The molecule has 0 saturated heterocycles. The summed E-state index contributed by atoms with van der Waals surface area (Å²) >= 11 is 0. The highest BCUT2D eigenvalue weighted by Gasteiger charge is 2.81. The first-order valence-electron chi connectivity index (χ1n) is 27.4. The third kappa shape index (κ3) is 18.0. The van der Waals surface area contributed by atoms with E-state index in [0.717, 1.165) is 18.2 Å². The molecule has 0 unspecified atom stereocenters. The van der Waals surface area contributed by atoms with Crippen LogP contribution in [0.1, 0.15) is 163 Å². The highest BCUT2D eigenvalue weighted by atomic mass is 19.4. The van der Waals surface area contributed by atoms with Crippen molar-refractivity contribution < 1.29 is 87.1 Å². The Morgan fingerprint density at radius 2 is 0.720 bits per heavy atom. The lowest BCUT2D eigenvalue weighted by Crippen LogP contribution is -2.60. The van der Waals surface area contributed by atoms with E-state index in [4.69, 9.17) is 28.4 Å². The molecule has 440 valence electrons. The maximum Gasteiger partial charge on any atom is 0.460 e. The number of ether oxygens (including phenoxy) is 6. The van der Waals surface area contributed by atoms with Crippen molar-refractivity contribution >= 4 is 34.6 Å². The summed E-state index contributed by atoms with van der Waals surface area (Å²) in [5, 5.41) is 1.44. The average molecular weight is 1150 g/mol. The zero-order valence-electron chi connectivity index (χ0n) is 45.5. The first-order chi connectivity index (χ1) is 39.1. The van der Waals surface area contributed by atoms with Crippen LogP contribution in [0.15, 0.2) is 127 Å². The normalized spacial score (nSPS) is 12.0. The highest BCUT2D eigenvalue weighted by molar-refractivity contribution is 5.96. The second-order valence-electron chi connectivity index (χ2n) is 19.8. The van der Waals surface area contributed by atoms with E-state index in [0.29, 0.717) is 53.9 Å². The van der Waals surface area contributed by atoms with Crippen LogP contribution < -0.4 is 28.4 Å². The van der Waals surface area contributed by atoms with E-state index >= 15 is 0 Å². The third-order valence-electron chi connectivity index (χ3n) is 13.5. The average Bonchev–Trinajstić information content (AvgIpc) is 2.64. The number of hydrogen-bond acceptors (Lipinski definition) is 10. The Labute approximate surface area is 470 Å². The van der Waals surface area contributed by atoms with Gasteiger partial charge in [0.05, 0.1) is 35.5 Å². The maximum atomic E-state index is 13.7. The van der Waals surface area contributed by atoms with Gasteiger partial charge < -0.3 is 28.4 Å². The SMILES string of the molecule is CCCCCCCCCCCCOc1ccc(C(=O)Oc2ccc(C(=O)Oc3ccc4ccc(OC(=O)c5ccc(OC(=O)c6ccc(OCCCCCCCCC(F)(F)C(F)(F)C(F)(F)C(F)(F)F)cc6)cc5)c(C)c4c3)cc2)cc1. The number of halogens is 9. The summed E-state index contributed by atoms with van der Waals surface area (Å²) in [6.45, 7) is 4.80. The Morgan fingerprint density at radius 1 is 0.378 bits per heavy atom. The minimum absolute atomic E-state index is 0.0895. The maximum absolute atomic E-state index is 13.7. The molecule has 6 aromatic rings. The van der Waals surface area contributed by atoms with Gasteiger partial charge in [-0.2, -0.15) is 39.5 Å². The van der Waals surface area contributed by atoms with E-state index in [-0.39, 0.29) is 59.1 Å². The van der Waals surface area contributed by atoms with Crippen molar-refractivity contribution in [2.24, 2.45) is 0 Å². The molecule has 0 atom stereocenters. The van der Waals surface area contributed by atoms with Crippen molar-refractivity contribution in [1.29, 1.82) is 0 Å². The topological polar surface area (TPSA) is 124 Å². The molecule has 0 aliphatic heterocycles. The predicted molar refractivity (Wildman–Crippen MR) is 290 cm³/mol. The number of unbranched alkanes of at least 4 members (excludes halogenated alkanes) is 14. The lowest BCUT2D eigenvalue weighted by molar-refractivity contribution is -0.396. The molecule has 19 heteroatoms. The van der Waals surface area contributed by atoms with Gasteiger partial charge in [0, 0.05) is 6.42 Å². The second-order valence-corrected chi connectivity index (χ2v) is 19.8. The number of carbonyl (C=O) groups is 4. The molecule has 6 aromatic carbocycles. The van der Waals surface area contributed by atoms with Crippen LogP contribution in [0.25, 0.3) is 10.8 Å². The fourth-order valence-corrected chi connectivity index (χ4v) is 8.64. The molecule has 6 rings (SSSR count). The fourth-order valence-electron chi connectivity index (χ4n) is 8.64. The Hall–Kier alpha value is -7.57. The van der Waals surface area contributed by atoms with Crippen LogP contribution in [-0.4, -0.2) is 61.0 Å². The summed E-state index contributed by atoms with van der Waals surface area (Å²) in [5.41, 5.74) is 1.48. The van der Waals surface area contributed by atoms with Crippen LogP contribution in [0.2, 0.25) is 0 Å². The van der Waals surface area contributed by atoms with Gasteiger partial charge in [0.1, 0.15) is 34.5 Å². The smallest absolute Gasteiger partial charge is 0.460 e. The van der Waals surface area contributed by atoms with Crippen molar-refractivity contribution in [2.75, 3.05) is 13.2 Å². The molecule has 0 aromatic heterocycles. The number of fused-ring (bicyclic) bond motifs is 1. The van der Waals surface area contributed by atoms with Crippen LogP contribution in [0.4, 0.5) is 39.5 Å². The van der Waals surface area contributed by atoms with Crippen LogP contribution in [0.3, 0.4) is 0 Å². The van der Waals surface area contributed by atoms with E-state index in [2.05, 4.69) is 6.92 Å². The molecule has 0 radical (unpaired) electrons. The summed E-state index contributed by atoms with van der Waals surface area (Å²) in [6, 6.07) is 32.8. The monoisotopic (exact) mass is 1150 g/mol.